The van der Waals surface area contributed by atoms with Gasteiger partial charge in [0.25, 0.3) is 5.91 Å². The lowest BCUT2D eigenvalue weighted by molar-refractivity contribution is -0.172. The molecule has 3 rings (SSSR count). The minimum absolute atomic E-state index is 0.108. The molecule has 2 aromatic rings. The summed E-state index contributed by atoms with van der Waals surface area (Å²) in [5.41, 5.74) is 1.82. The van der Waals surface area contributed by atoms with Crippen molar-refractivity contribution in [3.63, 3.8) is 0 Å². The summed E-state index contributed by atoms with van der Waals surface area (Å²) >= 11 is 6.21. The van der Waals surface area contributed by atoms with Crippen LogP contribution in [-0.2, 0) is 4.79 Å². The number of amides is 1. The molecular formula is C17H16ClNO2. The highest BCUT2D eigenvalue weighted by Crippen LogP contribution is 2.43. The summed E-state index contributed by atoms with van der Waals surface area (Å²) < 4.78 is 0. The zero-order chi connectivity index (χ0) is 15.0. The Bertz CT molecular complexity index is 659. The molecule has 1 amide bonds. The summed E-state index contributed by atoms with van der Waals surface area (Å²) in [7, 11) is 0. The molecule has 1 heterocycles. The van der Waals surface area contributed by atoms with Gasteiger partial charge in [0.05, 0.1) is 12.1 Å². The molecule has 0 aromatic heterocycles. The van der Waals surface area contributed by atoms with Gasteiger partial charge in [0.2, 0.25) is 0 Å². The highest BCUT2D eigenvalue weighted by molar-refractivity contribution is 6.31. The van der Waals surface area contributed by atoms with E-state index in [4.69, 9.17) is 11.6 Å². The Balaban J connectivity index is 1.94. The van der Waals surface area contributed by atoms with Crippen molar-refractivity contribution in [2.45, 2.75) is 25.1 Å². The number of rotatable bonds is 3. The molecule has 0 aliphatic carbocycles. The van der Waals surface area contributed by atoms with Crippen molar-refractivity contribution in [1.29, 1.82) is 0 Å². The Hall–Kier alpha value is -1.84. The van der Waals surface area contributed by atoms with E-state index in [2.05, 4.69) is 0 Å². The number of hydrogen-bond acceptors (Lipinski definition) is 2. The molecule has 0 radical (unpaired) electrons. The molecule has 1 fully saturated rings. The van der Waals surface area contributed by atoms with Gasteiger partial charge in [-0.2, -0.15) is 0 Å². The molecule has 4 heteroatoms. The van der Waals surface area contributed by atoms with Gasteiger partial charge >= 0.3 is 0 Å². The zero-order valence-electron chi connectivity index (χ0n) is 11.6. The van der Waals surface area contributed by atoms with Crippen molar-refractivity contribution in [1.82, 2.24) is 4.90 Å². The van der Waals surface area contributed by atoms with Gasteiger partial charge in [0.15, 0.2) is 6.10 Å². The molecule has 108 valence electrons. The first-order chi connectivity index (χ1) is 10.1. The van der Waals surface area contributed by atoms with Gasteiger partial charge in [-0.15, -0.1) is 0 Å². The van der Waals surface area contributed by atoms with Crippen LogP contribution in [0.3, 0.4) is 0 Å². The van der Waals surface area contributed by atoms with Gasteiger partial charge in [-0.05, 0) is 24.1 Å². The second-order valence-electron chi connectivity index (χ2n) is 5.24. The van der Waals surface area contributed by atoms with Crippen molar-refractivity contribution in [2.75, 3.05) is 0 Å². The first-order valence-corrected chi connectivity index (χ1v) is 7.28. The topological polar surface area (TPSA) is 40.5 Å². The number of aliphatic hydroxyl groups is 1. The van der Waals surface area contributed by atoms with E-state index < -0.39 is 6.10 Å². The quantitative estimate of drug-likeness (QED) is 0.883. The second kappa shape index (κ2) is 5.51. The van der Waals surface area contributed by atoms with E-state index in [0.29, 0.717) is 5.02 Å². The summed E-state index contributed by atoms with van der Waals surface area (Å²) in [5.74, 6) is -0.253. The molecule has 3 atom stereocenters. The van der Waals surface area contributed by atoms with Gasteiger partial charge in [-0.1, -0.05) is 60.1 Å². The van der Waals surface area contributed by atoms with Crippen LogP contribution in [0.25, 0.3) is 0 Å². The minimum atomic E-state index is -1.02. The predicted molar refractivity (Wildman–Crippen MR) is 81.9 cm³/mol. The van der Waals surface area contributed by atoms with Crippen LogP contribution in [-0.4, -0.2) is 22.0 Å². The number of likely N-dealkylation sites (tertiary alicyclic amines) is 1. The third-order valence-electron chi connectivity index (χ3n) is 4.03. The van der Waals surface area contributed by atoms with Crippen LogP contribution < -0.4 is 0 Å². The fourth-order valence-corrected chi connectivity index (χ4v) is 3.10. The van der Waals surface area contributed by atoms with E-state index in [0.717, 1.165) is 11.1 Å². The number of benzene rings is 2. The minimum Gasteiger partial charge on any atom is -0.381 e. The third kappa shape index (κ3) is 2.33. The number of nitrogens with zero attached hydrogens (tertiary/aromatic N) is 1. The Labute approximate surface area is 128 Å². The number of carbonyl (C=O) groups excluding carboxylic acids is 1. The van der Waals surface area contributed by atoms with Crippen molar-refractivity contribution < 1.29 is 9.90 Å². The normalized spacial score (nSPS) is 22.8. The molecule has 0 unspecified atom stereocenters. The lowest BCUT2D eigenvalue weighted by Gasteiger charge is -2.48. The molecule has 21 heavy (non-hydrogen) atoms. The first kappa shape index (κ1) is 14.1. The van der Waals surface area contributed by atoms with Gasteiger partial charge in [-0.3, -0.25) is 4.79 Å². The molecule has 1 aliphatic heterocycles. The highest BCUT2D eigenvalue weighted by Gasteiger charge is 2.50. The van der Waals surface area contributed by atoms with E-state index in [1.54, 1.807) is 11.0 Å². The third-order valence-corrected chi connectivity index (χ3v) is 4.37. The molecule has 3 nitrogen and oxygen atoms in total. The SMILES string of the molecule is C[C@@H](c1ccccc1)N1C(=O)[C@@H](O)[C@H]1c1ccccc1Cl. The van der Waals surface area contributed by atoms with E-state index in [1.165, 1.54) is 0 Å². The first-order valence-electron chi connectivity index (χ1n) is 6.91. The van der Waals surface area contributed by atoms with Crippen molar-refractivity contribution in [2.24, 2.45) is 0 Å². The van der Waals surface area contributed by atoms with Crippen LogP contribution >= 0.6 is 11.6 Å². The summed E-state index contributed by atoms with van der Waals surface area (Å²) in [6.07, 6.45) is -1.02. The summed E-state index contributed by atoms with van der Waals surface area (Å²) in [4.78, 5) is 13.8. The van der Waals surface area contributed by atoms with E-state index in [1.807, 2.05) is 55.5 Å². The highest BCUT2D eigenvalue weighted by atomic mass is 35.5. The molecular weight excluding hydrogens is 286 g/mol. The van der Waals surface area contributed by atoms with Crippen molar-refractivity contribution in [3.05, 3.63) is 70.7 Å². The van der Waals surface area contributed by atoms with Crippen LogP contribution in [0.15, 0.2) is 54.6 Å². The van der Waals surface area contributed by atoms with Gasteiger partial charge in [-0.25, -0.2) is 0 Å². The van der Waals surface area contributed by atoms with Crippen LogP contribution in [0.2, 0.25) is 5.02 Å². The molecule has 1 aliphatic rings. The summed E-state index contributed by atoms with van der Waals surface area (Å²) in [5, 5.41) is 10.6. The van der Waals surface area contributed by atoms with Gasteiger partial charge in [0, 0.05) is 5.02 Å². The summed E-state index contributed by atoms with van der Waals surface area (Å²) in [6.45, 7) is 1.96. The number of β-lactam (4-membered cyclic amide) rings is 1. The Kier molecular flexibility index (Phi) is 3.70. The molecule has 2 aromatic carbocycles. The average Bonchev–Trinajstić information content (AvgIpc) is 2.53. The predicted octanol–water partition coefficient (Wildman–Crippen LogP) is 3.35. The lowest BCUT2D eigenvalue weighted by atomic mass is 9.87. The molecule has 1 saturated heterocycles. The Morgan fingerprint density at radius 2 is 1.71 bits per heavy atom. The average molecular weight is 302 g/mol. The number of halogens is 1. The van der Waals surface area contributed by atoms with Crippen LogP contribution in [0.5, 0.6) is 0 Å². The number of carbonyl (C=O) groups is 1. The molecule has 1 N–H and O–H groups in total. The van der Waals surface area contributed by atoms with Crippen molar-refractivity contribution in [3.8, 4) is 0 Å². The smallest absolute Gasteiger partial charge is 0.255 e. The largest absolute Gasteiger partial charge is 0.381 e. The molecule has 0 bridgehead atoms. The van der Waals surface area contributed by atoms with Gasteiger partial charge in [0.1, 0.15) is 0 Å². The van der Waals surface area contributed by atoms with Crippen LogP contribution in [0.1, 0.15) is 30.1 Å². The molecule has 0 spiro atoms. The fourth-order valence-electron chi connectivity index (χ4n) is 2.85. The van der Waals surface area contributed by atoms with Crippen LogP contribution in [0, 0.1) is 0 Å². The van der Waals surface area contributed by atoms with Crippen LogP contribution in [0.4, 0.5) is 0 Å². The zero-order valence-corrected chi connectivity index (χ0v) is 12.4. The monoisotopic (exact) mass is 301 g/mol. The fraction of sp³-hybridized carbons (Fsp3) is 0.235. The maximum absolute atomic E-state index is 12.1. The number of aliphatic hydroxyl groups excluding tert-OH is 1. The number of hydrogen-bond donors (Lipinski definition) is 1. The van der Waals surface area contributed by atoms with Gasteiger partial charge < -0.3 is 10.0 Å². The second-order valence-corrected chi connectivity index (χ2v) is 5.65. The Morgan fingerprint density at radius 3 is 2.38 bits per heavy atom. The maximum Gasteiger partial charge on any atom is 0.255 e. The maximum atomic E-state index is 12.1. The Morgan fingerprint density at radius 1 is 1.10 bits per heavy atom. The van der Waals surface area contributed by atoms with Crippen molar-refractivity contribution >= 4 is 17.5 Å². The lowest BCUT2D eigenvalue weighted by Crippen LogP contribution is -2.59. The van der Waals surface area contributed by atoms with E-state index >= 15 is 0 Å². The van der Waals surface area contributed by atoms with E-state index in [-0.39, 0.29) is 18.0 Å². The molecule has 0 saturated carbocycles. The van der Waals surface area contributed by atoms with E-state index in [9.17, 15) is 9.90 Å². The standard InChI is InChI=1S/C17H16ClNO2/c1-11(12-7-3-2-4-8-12)19-15(16(20)17(19)21)13-9-5-6-10-14(13)18/h2-11,15-16,20H,1H3/t11-,15+,16-/m0/s1. The summed E-state index contributed by atoms with van der Waals surface area (Å²) in [6, 6.07) is 16.6.